The molecule has 0 aliphatic heterocycles. The van der Waals surface area contributed by atoms with Crippen molar-refractivity contribution in [2.45, 2.75) is 19.7 Å². The largest absolute Gasteiger partial charge is 0.461 e. The number of esters is 1. The first-order valence-corrected chi connectivity index (χ1v) is 4.19. The van der Waals surface area contributed by atoms with Crippen LogP contribution in [0, 0.1) is 0 Å². The minimum Gasteiger partial charge on any atom is -0.461 e. The summed E-state index contributed by atoms with van der Waals surface area (Å²) in [6, 6.07) is 4.48. The van der Waals surface area contributed by atoms with Crippen molar-refractivity contribution < 1.29 is 22.7 Å². The second kappa shape index (κ2) is 7.40. The van der Waals surface area contributed by atoms with Crippen molar-refractivity contribution in [2.75, 3.05) is 0 Å². The molecule has 98 valence electrons. The molecule has 0 heterocycles. The van der Waals surface area contributed by atoms with Crippen molar-refractivity contribution in [3.63, 3.8) is 0 Å². The smallest absolute Gasteiger partial charge is 0.416 e. The molecule has 0 aliphatic carbocycles. The molecule has 17 heavy (non-hydrogen) atoms. The van der Waals surface area contributed by atoms with Gasteiger partial charge in [0.25, 0.3) is 0 Å². The maximum absolute atomic E-state index is 12.1. The van der Waals surface area contributed by atoms with Crippen LogP contribution in [0.3, 0.4) is 0 Å². The molecule has 0 N–H and O–H groups in total. The highest BCUT2D eigenvalue weighted by atomic mass is 35.5. The Kier molecular flexibility index (Phi) is 8.02. The molecule has 1 rings (SSSR count). The molecular formula is C10H11Cl2F3O2. The Hall–Kier alpha value is -0.940. The van der Waals surface area contributed by atoms with Gasteiger partial charge in [-0.15, -0.1) is 24.8 Å². The highest BCUT2D eigenvalue weighted by Crippen LogP contribution is 2.29. The molecule has 0 atom stereocenters. The number of hydrogen-bond acceptors (Lipinski definition) is 2. The zero-order chi connectivity index (χ0) is 11.5. The zero-order valence-corrected chi connectivity index (χ0v) is 10.4. The predicted molar refractivity (Wildman–Crippen MR) is 61.4 cm³/mol. The van der Waals surface area contributed by atoms with Gasteiger partial charge in [-0.25, -0.2) is 0 Å². The number of carbonyl (C=O) groups is 1. The van der Waals surface area contributed by atoms with Crippen LogP contribution in [0.5, 0.6) is 0 Å². The molecule has 0 saturated carbocycles. The van der Waals surface area contributed by atoms with E-state index in [1.165, 1.54) is 19.1 Å². The number of alkyl halides is 3. The van der Waals surface area contributed by atoms with Crippen molar-refractivity contribution in [1.29, 1.82) is 0 Å². The van der Waals surface area contributed by atoms with Crippen LogP contribution in [-0.4, -0.2) is 5.97 Å². The van der Waals surface area contributed by atoms with Crippen LogP contribution in [0.2, 0.25) is 0 Å². The fraction of sp³-hybridized carbons (Fsp3) is 0.300. The molecule has 0 unspecified atom stereocenters. The van der Waals surface area contributed by atoms with Crippen LogP contribution < -0.4 is 0 Å². The van der Waals surface area contributed by atoms with Gasteiger partial charge in [-0.05, 0) is 17.7 Å². The van der Waals surface area contributed by atoms with Crippen molar-refractivity contribution in [3.05, 3.63) is 35.4 Å². The summed E-state index contributed by atoms with van der Waals surface area (Å²) in [5.41, 5.74) is -0.188. The molecule has 0 aliphatic rings. The second-order valence-electron chi connectivity index (χ2n) is 2.97. The molecular weight excluding hydrogens is 280 g/mol. The number of carbonyl (C=O) groups excluding carboxylic acids is 1. The lowest BCUT2D eigenvalue weighted by Crippen LogP contribution is -2.05. The number of hydrogen-bond donors (Lipinski definition) is 0. The summed E-state index contributed by atoms with van der Waals surface area (Å²) >= 11 is 0. The van der Waals surface area contributed by atoms with E-state index in [0.29, 0.717) is 5.56 Å². The highest BCUT2D eigenvalue weighted by Gasteiger charge is 2.29. The Labute approximate surface area is 109 Å². The fourth-order valence-electron chi connectivity index (χ4n) is 0.975. The summed E-state index contributed by atoms with van der Waals surface area (Å²) in [6.45, 7) is 1.23. The Morgan fingerprint density at radius 3 is 2.00 bits per heavy atom. The van der Waals surface area contributed by atoms with Gasteiger partial charge < -0.3 is 4.74 Å². The summed E-state index contributed by atoms with van der Waals surface area (Å²) < 4.78 is 41.1. The second-order valence-corrected chi connectivity index (χ2v) is 2.97. The summed E-state index contributed by atoms with van der Waals surface area (Å²) in [5, 5.41) is 0. The standard InChI is InChI=1S/C10H9F3O2.2ClH/c1-7(14)15-6-8-2-4-9(5-3-8)10(11,12)13;;/h2-5H,6H2,1H3;2*1H. The average molecular weight is 291 g/mol. The van der Waals surface area contributed by atoms with Gasteiger partial charge in [-0.2, -0.15) is 13.2 Å². The SMILES string of the molecule is CC(=O)OCc1ccc(C(F)(F)F)cc1.Cl.Cl. The van der Waals surface area contributed by atoms with Crippen molar-refractivity contribution in [2.24, 2.45) is 0 Å². The summed E-state index contributed by atoms with van der Waals surface area (Å²) in [7, 11) is 0. The fourth-order valence-corrected chi connectivity index (χ4v) is 0.975. The number of ether oxygens (including phenoxy) is 1. The maximum Gasteiger partial charge on any atom is 0.416 e. The summed E-state index contributed by atoms with van der Waals surface area (Å²) in [5.74, 6) is -0.463. The lowest BCUT2D eigenvalue weighted by molar-refractivity contribution is -0.142. The Morgan fingerprint density at radius 1 is 1.18 bits per heavy atom. The third-order valence-corrected chi connectivity index (χ3v) is 1.72. The van der Waals surface area contributed by atoms with Crippen molar-refractivity contribution in [3.8, 4) is 0 Å². The van der Waals surface area contributed by atoms with Gasteiger partial charge in [0.1, 0.15) is 6.61 Å². The monoisotopic (exact) mass is 290 g/mol. The first-order valence-electron chi connectivity index (χ1n) is 4.19. The highest BCUT2D eigenvalue weighted by molar-refractivity contribution is 5.85. The van der Waals surface area contributed by atoms with Gasteiger partial charge >= 0.3 is 12.1 Å². The van der Waals surface area contributed by atoms with Gasteiger partial charge in [-0.1, -0.05) is 12.1 Å². The third kappa shape index (κ3) is 6.38. The quantitative estimate of drug-likeness (QED) is 0.778. The molecule has 0 bridgehead atoms. The Balaban J connectivity index is 0. The van der Waals surface area contributed by atoms with Crippen LogP contribution in [0.1, 0.15) is 18.1 Å². The molecule has 0 radical (unpaired) electrons. The molecule has 0 aromatic heterocycles. The summed E-state index contributed by atoms with van der Waals surface area (Å²) in [4.78, 5) is 10.4. The minimum absolute atomic E-state index is 0. The summed E-state index contributed by atoms with van der Waals surface area (Å²) in [6.07, 6.45) is -4.33. The van der Waals surface area contributed by atoms with Crippen LogP contribution >= 0.6 is 24.8 Å². The van der Waals surface area contributed by atoms with E-state index < -0.39 is 17.7 Å². The van der Waals surface area contributed by atoms with E-state index in [1.54, 1.807) is 0 Å². The number of benzene rings is 1. The molecule has 0 amide bonds. The Bertz CT molecular complexity index is 350. The van der Waals surface area contributed by atoms with Crippen LogP contribution in [0.15, 0.2) is 24.3 Å². The van der Waals surface area contributed by atoms with Crippen LogP contribution in [0.4, 0.5) is 13.2 Å². The molecule has 0 fully saturated rings. The maximum atomic E-state index is 12.1. The van der Waals surface area contributed by atoms with E-state index in [1.807, 2.05) is 0 Å². The molecule has 1 aromatic rings. The lowest BCUT2D eigenvalue weighted by atomic mass is 10.1. The lowest BCUT2D eigenvalue weighted by Gasteiger charge is -2.07. The first-order chi connectivity index (χ1) is 6.89. The minimum atomic E-state index is -4.33. The third-order valence-electron chi connectivity index (χ3n) is 1.72. The average Bonchev–Trinajstić information content (AvgIpc) is 2.14. The van der Waals surface area contributed by atoms with E-state index >= 15 is 0 Å². The van der Waals surface area contributed by atoms with E-state index in [4.69, 9.17) is 0 Å². The van der Waals surface area contributed by atoms with E-state index in [0.717, 1.165) is 12.1 Å². The van der Waals surface area contributed by atoms with E-state index in [-0.39, 0.29) is 31.4 Å². The number of halogens is 5. The first kappa shape index (κ1) is 18.4. The predicted octanol–water partition coefficient (Wildman–Crippen LogP) is 3.61. The Morgan fingerprint density at radius 2 is 1.65 bits per heavy atom. The zero-order valence-electron chi connectivity index (χ0n) is 8.78. The topological polar surface area (TPSA) is 26.3 Å². The van der Waals surface area contributed by atoms with Gasteiger partial charge in [0, 0.05) is 6.92 Å². The van der Waals surface area contributed by atoms with Gasteiger partial charge in [0.2, 0.25) is 0 Å². The van der Waals surface area contributed by atoms with Gasteiger partial charge in [0.15, 0.2) is 0 Å². The van der Waals surface area contributed by atoms with E-state index in [9.17, 15) is 18.0 Å². The molecule has 0 spiro atoms. The van der Waals surface area contributed by atoms with Crippen LogP contribution in [-0.2, 0) is 22.3 Å². The van der Waals surface area contributed by atoms with Gasteiger partial charge in [-0.3, -0.25) is 4.79 Å². The number of rotatable bonds is 2. The van der Waals surface area contributed by atoms with E-state index in [2.05, 4.69) is 4.74 Å². The van der Waals surface area contributed by atoms with Crippen molar-refractivity contribution in [1.82, 2.24) is 0 Å². The molecule has 2 nitrogen and oxygen atoms in total. The van der Waals surface area contributed by atoms with Crippen LogP contribution in [0.25, 0.3) is 0 Å². The normalized spacial score (nSPS) is 9.88. The molecule has 0 saturated heterocycles. The van der Waals surface area contributed by atoms with Gasteiger partial charge in [0.05, 0.1) is 5.56 Å². The molecule has 7 heteroatoms. The molecule has 1 aromatic carbocycles. The van der Waals surface area contributed by atoms with Crippen molar-refractivity contribution >= 4 is 30.8 Å².